The molecule has 0 spiro atoms. The van der Waals surface area contributed by atoms with Crippen LogP contribution < -0.4 is 5.73 Å². The number of nitrogens with two attached hydrogens (primary N) is 1. The fourth-order valence-electron chi connectivity index (χ4n) is 2.06. The standard InChI is InChI=1S/C13H21NO/c1-9-6-10(2)13(11(3)7-9)8-12(15)4-5-14/h6-7,12,15H,4-5,8,14H2,1-3H3. The Labute approximate surface area is 92.1 Å². The highest BCUT2D eigenvalue weighted by molar-refractivity contribution is 5.37. The molecule has 0 amide bonds. The summed E-state index contributed by atoms with van der Waals surface area (Å²) in [7, 11) is 0. The molecule has 0 aliphatic rings. The van der Waals surface area contributed by atoms with Crippen LogP contribution in [0.4, 0.5) is 0 Å². The quantitative estimate of drug-likeness (QED) is 0.791. The van der Waals surface area contributed by atoms with Crippen LogP contribution in [0.5, 0.6) is 0 Å². The van der Waals surface area contributed by atoms with Gasteiger partial charge in [-0.3, -0.25) is 0 Å². The van der Waals surface area contributed by atoms with E-state index >= 15 is 0 Å². The molecule has 1 unspecified atom stereocenters. The molecule has 2 heteroatoms. The van der Waals surface area contributed by atoms with Gasteiger partial charge in [0.1, 0.15) is 0 Å². The van der Waals surface area contributed by atoms with Gasteiger partial charge in [0.2, 0.25) is 0 Å². The first kappa shape index (κ1) is 12.2. The summed E-state index contributed by atoms with van der Waals surface area (Å²) in [5.41, 5.74) is 10.5. The van der Waals surface area contributed by atoms with E-state index in [2.05, 4.69) is 32.9 Å². The van der Waals surface area contributed by atoms with Crippen LogP contribution in [-0.4, -0.2) is 17.8 Å². The Morgan fingerprint density at radius 3 is 2.20 bits per heavy atom. The molecule has 1 aromatic rings. The van der Waals surface area contributed by atoms with Gasteiger partial charge in [0.05, 0.1) is 6.10 Å². The van der Waals surface area contributed by atoms with E-state index < -0.39 is 0 Å². The van der Waals surface area contributed by atoms with Crippen LogP contribution in [0.2, 0.25) is 0 Å². The van der Waals surface area contributed by atoms with Gasteiger partial charge in [-0.25, -0.2) is 0 Å². The summed E-state index contributed by atoms with van der Waals surface area (Å²) in [4.78, 5) is 0. The van der Waals surface area contributed by atoms with E-state index in [0.717, 1.165) is 6.42 Å². The number of aryl methyl sites for hydroxylation is 3. The Morgan fingerprint density at radius 1 is 1.20 bits per heavy atom. The second-order valence-electron chi connectivity index (χ2n) is 4.31. The van der Waals surface area contributed by atoms with Crippen LogP contribution in [-0.2, 0) is 6.42 Å². The summed E-state index contributed by atoms with van der Waals surface area (Å²) in [5.74, 6) is 0. The van der Waals surface area contributed by atoms with Gasteiger partial charge >= 0.3 is 0 Å². The lowest BCUT2D eigenvalue weighted by Gasteiger charge is -2.15. The van der Waals surface area contributed by atoms with E-state index in [1.807, 2.05) is 0 Å². The van der Waals surface area contributed by atoms with E-state index in [-0.39, 0.29) is 6.10 Å². The number of rotatable bonds is 4. The third-order valence-electron chi connectivity index (χ3n) is 2.78. The van der Waals surface area contributed by atoms with Crippen molar-refractivity contribution < 1.29 is 5.11 Å². The average molecular weight is 207 g/mol. The van der Waals surface area contributed by atoms with Gasteiger partial charge in [-0.2, -0.15) is 0 Å². The molecule has 0 bridgehead atoms. The zero-order valence-corrected chi connectivity index (χ0v) is 9.88. The number of benzene rings is 1. The van der Waals surface area contributed by atoms with Gasteiger partial charge in [0.25, 0.3) is 0 Å². The molecule has 15 heavy (non-hydrogen) atoms. The van der Waals surface area contributed by atoms with Crippen molar-refractivity contribution in [2.24, 2.45) is 5.73 Å². The SMILES string of the molecule is Cc1cc(C)c(CC(O)CCN)c(C)c1. The summed E-state index contributed by atoms with van der Waals surface area (Å²) >= 11 is 0. The van der Waals surface area contributed by atoms with E-state index in [0.29, 0.717) is 13.0 Å². The summed E-state index contributed by atoms with van der Waals surface area (Å²) < 4.78 is 0. The van der Waals surface area contributed by atoms with Crippen LogP contribution >= 0.6 is 0 Å². The number of hydrogen-bond acceptors (Lipinski definition) is 2. The molecule has 3 N–H and O–H groups in total. The minimum atomic E-state index is -0.310. The lowest BCUT2D eigenvalue weighted by atomic mass is 9.94. The molecule has 0 heterocycles. The molecule has 0 aromatic heterocycles. The Bertz CT molecular complexity index is 310. The topological polar surface area (TPSA) is 46.2 Å². The molecule has 84 valence electrons. The van der Waals surface area contributed by atoms with E-state index in [9.17, 15) is 5.11 Å². The highest BCUT2D eigenvalue weighted by Crippen LogP contribution is 2.18. The van der Waals surface area contributed by atoms with Gasteiger partial charge in [-0.05, 0) is 56.8 Å². The van der Waals surface area contributed by atoms with Crippen molar-refractivity contribution in [1.29, 1.82) is 0 Å². The van der Waals surface area contributed by atoms with Crippen LogP contribution in [0.15, 0.2) is 12.1 Å². The maximum atomic E-state index is 9.74. The third kappa shape index (κ3) is 3.33. The molecule has 2 nitrogen and oxygen atoms in total. The summed E-state index contributed by atoms with van der Waals surface area (Å²) in [5, 5.41) is 9.74. The van der Waals surface area contributed by atoms with Gasteiger partial charge < -0.3 is 10.8 Å². The monoisotopic (exact) mass is 207 g/mol. The first-order valence-corrected chi connectivity index (χ1v) is 5.49. The second-order valence-corrected chi connectivity index (χ2v) is 4.31. The van der Waals surface area contributed by atoms with Crippen molar-refractivity contribution in [3.05, 3.63) is 34.4 Å². The van der Waals surface area contributed by atoms with Crippen LogP contribution in [0.25, 0.3) is 0 Å². The Hall–Kier alpha value is -0.860. The van der Waals surface area contributed by atoms with Crippen molar-refractivity contribution in [2.75, 3.05) is 6.54 Å². The van der Waals surface area contributed by atoms with E-state index in [4.69, 9.17) is 5.73 Å². The van der Waals surface area contributed by atoms with Crippen LogP contribution in [0.1, 0.15) is 28.7 Å². The zero-order valence-electron chi connectivity index (χ0n) is 9.88. The largest absolute Gasteiger partial charge is 0.393 e. The molecule has 0 aliphatic heterocycles. The molecule has 0 fully saturated rings. The number of aliphatic hydroxyl groups is 1. The van der Waals surface area contributed by atoms with Crippen LogP contribution in [0.3, 0.4) is 0 Å². The molecule has 1 rings (SSSR count). The molecular formula is C13H21NO. The van der Waals surface area contributed by atoms with Crippen molar-refractivity contribution in [3.8, 4) is 0 Å². The fourth-order valence-corrected chi connectivity index (χ4v) is 2.06. The normalized spacial score (nSPS) is 12.9. The minimum Gasteiger partial charge on any atom is -0.393 e. The maximum absolute atomic E-state index is 9.74. The highest BCUT2D eigenvalue weighted by Gasteiger charge is 2.09. The minimum absolute atomic E-state index is 0.310. The predicted molar refractivity (Wildman–Crippen MR) is 64.0 cm³/mol. The summed E-state index contributed by atoms with van der Waals surface area (Å²) in [6.45, 7) is 6.85. The average Bonchev–Trinajstić information content (AvgIpc) is 2.11. The van der Waals surface area contributed by atoms with E-state index in [1.54, 1.807) is 0 Å². The predicted octanol–water partition coefficient (Wildman–Crippen LogP) is 1.86. The van der Waals surface area contributed by atoms with Crippen molar-refractivity contribution in [1.82, 2.24) is 0 Å². The molecule has 0 aliphatic carbocycles. The van der Waals surface area contributed by atoms with Crippen molar-refractivity contribution in [3.63, 3.8) is 0 Å². The van der Waals surface area contributed by atoms with Crippen molar-refractivity contribution >= 4 is 0 Å². The van der Waals surface area contributed by atoms with E-state index in [1.165, 1.54) is 22.3 Å². The Balaban J connectivity index is 2.85. The maximum Gasteiger partial charge on any atom is 0.0592 e. The van der Waals surface area contributed by atoms with Crippen LogP contribution in [0, 0.1) is 20.8 Å². The second kappa shape index (κ2) is 5.29. The molecule has 0 saturated heterocycles. The third-order valence-corrected chi connectivity index (χ3v) is 2.78. The first-order valence-electron chi connectivity index (χ1n) is 5.49. The lowest BCUT2D eigenvalue weighted by Crippen LogP contribution is -2.17. The number of hydrogen-bond donors (Lipinski definition) is 2. The summed E-state index contributed by atoms with van der Waals surface area (Å²) in [6.07, 6.45) is 1.08. The number of aliphatic hydroxyl groups excluding tert-OH is 1. The molecule has 0 saturated carbocycles. The van der Waals surface area contributed by atoms with Gasteiger partial charge in [0, 0.05) is 0 Å². The Morgan fingerprint density at radius 2 is 1.73 bits per heavy atom. The lowest BCUT2D eigenvalue weighted by molar-refractivity contribution is 0.167. The molecule has 0 radical (unpaired) electrons. The van der Waals surface area contributed by atoms with Crippen molar-refractivity contribution in [2.45, 2.75) is 39.7 Å². The van der Waals surface area contributed by atoms with Gasteiger partial charge in [-0.15, -0.1) is 0 Å². The first-order chi connectivity index (χ1) is 7.04. The fraction of sp³-hybridized carbons (Fsp3) is 0.538. The molecular weight excluding hydrogens is 186 g/mol. The Kier molecular flexibility index (Phi) is 4.30. The molecule has 1 atom stereocenters. The summed E-state index contributed by atoms with van der Waals surface area (Å²) in [6, 6.07) is 4.33. The zero-order chi connectivity index (χ0) is 11.4. The highest BCUT2D eigenvalue weighted by atomic mass is 16.3. The molecule has 1 aromatic carbocycles. The van der Waals surface area contributed by atoms with Gasteiger partial charge in [-0.1, -0.05) is 17.7 Å². The smallest absolute Gasteiger partial charge is 0.0592 e. The van der Waals surface area contributed by atoms with Gasteiger partial charge in [0.15, 0.2) is 0 Å².